The number of carbonyl (C=O) groups is 1. The predicted molar refractivity (Wildman–Crippen MR) is 110 cm³/mol. The number of hydrogen-bond acceptors (Lipinski definition) is 3. The van der Waals surface area contributed by atoms with E-state index in [0.717, 1.165) is 33.8 Å². The van der Waals surface area contributed by atoms with Gasteiger partial charge in [0, 0.05) is 36.6 Å². The SMILES string of the molecule is CN(C)c1ccc(-c2nc3ccc(NC(=O)c4ccccc4)cc3[nH]2)cc1. The van der Waals surface area contributed by atoms with E-state index in [4.69, 9.17) is 0 Å². The van der Waals surface area contributed by atoms with Gasteiger partial charge in [-0.15, -0.1) is 0 Å². The normalized spacial score (nSPS) is 10.7. The van der Waals surface area contributed by atoms with Gasteiger partial charge in [-0.1, -0.05) is 18.2 Å². The minimum Gasteiger partial charge on any atom is -0.378 e. The number of fused-ring (bicyclic) bond motifs is 1. The van der Waals surface area contributed by atoms with Gasteiger partial charge in [0.25, 0.3) is 5.91 Å². The summed E-state index contributed by atoms with van der Waals surface area (Å²) in [6.45, 7) is 0. The number of hydrogen-bond donors (Lipinski definition) is 2. The average Bonchev–Trinajstić information content (AvgIpc) is 3.12. The zero-order valence-electron chi connectivity index (χ0n) is 15.2. The molecule has 5 heteroatoms. The fourth-order valence-corrected chi connectivity index (χ4v) is 2.93. The number of aromatic nitrogens is 2. The summed E-state index contributed by atoms with van der Waals surface area (Å²) in [5, 5.41) is 2.93. The first-order valence-electron chi connectivity index (χ1n) is 8.74. The second-order valence-electron chi connectivity index (χ2n) is 6.58. The van der Waals surface area contributed by atoms with Crippen LogP contribution in [0.15, 0.2) is 72.8 Å². The number of imidazole rings is 1. The number of benzene rings is 3. The molecule has 0 bridgehead atoms. The molecule has 1 aromatic heterocycles. The van der Waals surface area contributed by atoms with Crippen LogP contribution in [0.2, 0.25) is 0 Å². The number of rotatable bonds is 4. The molecule has 0 unspecified atom stereocenters. The van der Waals surface area contributed by atoms with Gasteiger partial charge in [-0.2, -0.15) is 0 Å². The van der Waals surface area contributed by atoms with Crippen molar-refractivity contribution in [1.29, 1.82) is 0 Å². The van der Waals surface area contributed by atoms with Crippen LogP contribution in [0.4, 0.5) is 11.4 Å². The Balaban J connectivity index is 1.59. The quantitative estimate of drug-likeness (QED) is 0.564. The molecule has 1 heterocycles. The van der Waals surface area contributed by atoms with Crippen LogP contribution >= 0.6 is 0 Å². The van der Waals surface area contributed by atoms with Gasteiger partial charge < -0.3 is 15.2 Å². The Morgan fingerprint density at radius 1 is 0.963 bits per heavy atom. The molecule has 0 radical (unpaired) electrons. The number of nitrogens with zero attached hydrogens (tertiary/aromatic N) is 2. The van der Waals surface area contributed by atoms with Crippen molar-refractivity contribution in [3.8, 4) is 11.4 Å². The average molecular weight is 356 g/mol. The number of amides is 1. The maximum absolute atomic E-state index is 12.3. The van der Waals surface area contributed by atoms with Crippen molar-refractivity contribution in [2.24, 2.45) is 0 Å². The molecule has 2 N–H and O–H groups in total. The molecule has 4 aromatic rings. The highest BCUT2D eigenvalue weighted by Crippen LogP contribution is 2.24. The summed E-state index contributed by atoms with van der Waals surface area (Å²) in [6, 6.07) is 23.1. The predicted octanol–water partition coefficient (Wildman–Crippen LogP) is 4.55. The number of nitrogens with one attached hydrogen (secondary N) is 2. The van der Waals surface area contributed by atoms with Crippen molar-refractivity contribution in [2.45, 2.75) is 0 Å². The highest BCUT2D eigenvalue weighted by molar-refractivity contribution is 6.05. The molecule has 4 rings (SSSR count). The third kappa shape index (κ3) is 3.53. The molecule has 3 aromatic carbocycles. The number of H-pyrrole nitrogens is 1. The highest BCUT2D eigenvalue weighted by Gasteiger charge is 2.09. The highest BCUT2D eigenvalue weighted by atomic mass is 16.1. The maximum Gasteiger partial charge on any atom is 0.255 e. The van der Waals surface area contributed by atoms with E-state index in [2.05, 4.69) is 32.3 Å². The first-order chi connectivity index (χ1) is 13.1. The Morgan fingerprint density at radius 3 is 2.41 bits per heavy atom. The summed E-state index contributed by atoms with van der Waals surface area (Å²) in [7, 11) is 4.03. The van der Waals surface area contributed by atoms with Crippen molar-refractivity contribution in [3.05, 3.63) is 78.4 Å². The number of carbonyl (C=O) groups excluding carboxylic acids is 1. The molecule has 27 heavy (non-hydrogen) atoms. The Morgan fingerprint density at radius 2 is 1.70 bits per heavy atom. The van der Waals surface area contributed by atoms with Gasteiger partial charge in [0.15, 0.2) is 0 Å². The van der Waals surface area contributed by atoms with E-state index in [0.29, 0.717) is 5.56 Å². The standard InChI is InChI=1S/C22H20N4O/c1-26(2)18-11-8-15(9-12-18)21-24-19-13-10-17(14-20(19)25-21)23-22(27)16-6-4-3-5-7-16/h3-14H,1-2H3,(H,23,27)(H,24,25). The van der Waals surface area contributed by atoms with E-state index < -0.39 is 0 Å². The van der Waals surface area contributed by atoms with Crippen molar-refractivity contribution in [2.75, 3.05) is 24.3 Å². The van der Waals surface area contributed by atoms with Crippen LogP contribution < -0.4 is 10.2 Å². The lowest BCUT2D eigenvalue weighted by molar-refractivity contribution is 0.102. The van der Waals surface area contributed by atoms with Gasteiger partial charge >= 0.3 is 0 Å². The van der Waals surface area contributed by atoms with Crippen molar-refractivity contribution in [1.82, 2.24) is 9.97 Å². The van der Waals surface area contributed by atoms with Crippen LogP contribution in [0, 0.1) is 0 Å². The van der Waals surface area contributed by atoms with E-state index in [1.165, 1.54) is 0 Å². The fourth-order valence-electron chi connectivity index (χ4n) is 2.93. The summed E-state index contributed by atoms with van der Waals surface area (Å²) >= 11 is 0. The van der Waals surface area contributed by atoms with Crippen LogP contribution in [0.25, 0.3) is 22.4 Å². The monoisotopic (exact) mass is 356 g/mol. The molecular formula is C22H20N4O. The summed E-state index contributed by atoms with van der Waals surface area (Å²) in [4.78, 5) is 22.4. The van der Waals surface area contributed by atoms with Crippen LogP contribution in [-0.2, 0) is 0 Å². The molecular weight excluding hydrogens is 336 g/mol. The molecule has 134 valence electrons. The largest absolute Gasteiger partial charge is 0.378 e. The van der Waals surface area contributed by atoms with Crippen molar-refractivity contribution in [3.63, 3.8) is 0 Å². The van der Waals surface area contributed by atoms with E-state index >= 15 is 0 Å². The summed E-state index contributed by atoms with van der Waals surface area (Å²) < 4.78 is 0. The lowest BCUT2D eigenvalue weighted by Crippen LogP contribution is -2.11. The van der Waals surface area contributed by atoms with Crippen molar-refractivity contribution < 1.29 is 4.79 Å². The van der Waals surface area contributed by atoms with Crippen LogP contribution in [-0.4, -0.2) is 30.0 Å². The van der Waals surface area contributed by atoms with Gasteiger partial charge in [0.05, 0.1) is 11.0 Å². The van der Waals surface area contributed by atoms with Gasteiger partial charge in [0.2, 0.25) is 0 Å². The van der Waals surface area contributed by atoms with E-state index in [1.807, 2.05) is 62.6 Å². The van der Waals surface area contributed by atoms with E-state index in [9.17, 15) is 4.79 Å². The van der Waals surface area contributed by atoms with Gasteiger partial charge in [0.1, 0.15) is 5.82 Å². The number of aromatic amines is 1. The minimum atomic E-state index is -0.131. The first kappa shape index (κ1) is 16.8. The maximum atomic E-state index is 12.3. The molecule has 0 atom stereocenters. The van der Waals surface area contributed by atoms with Crippen molar-refractivity contribution >= 4 is 28.3 Å². The molecule has 5 nitrogen and oxygen atoms in total. The molecule has 0 aliphatic rings. The second-order valence-corrected chi connectivity index (χ2v) is 6.58. The third-order valence-corrected chi connectivity index (χ3v) is 4.43. The topological polar surface area (TPSA) is 61.0 Å². The minimum absolute atomic E-state index is 0.131. The van der Waals surface area contributed by atoms with Gasteiger partial charge in [-0.05, 0) is 54.6 Å². The molecule has 0 aliphatic heterocycles. The van der Waals surface area contributed by atoms with E-state index in [1.54, 1.807) is 12.1 Å². The third-order valence-electron chi connectivity index (χ3n) is 4.43. The first-order valence-corrected chi connectivity index (χ1v) is 8.74. The summed E-state index contributed by atoms with van der Waals surface area (Å²) in [5.74, 6) is 0.677. The lowest BCUT2D eigenvalue weighted by atomic mass is 10.2. The van der Waals surface area contributed by atoms with Crippen LogP contribution in [0.1, 0.15) is 10.4 Å². The molecule has 0 saturated carbocycles. The second kappa shape index (κ2) is 6.96. The van der Waals surface area contributed by atoms with E-state index in [-0.39, 0.29) is 5.91 Å². The Labute approximate surface area is 157 Å². The Bertz CT molecular complexity index is 1080. The smallest absolute Gasteiger partial charge is 0.255 e. The lowest BCUT2D eigenvalue weighted by Gasteiger charge is -2.11. The zero-order valence-corrected chi connectivity index (χ0v) is 15.2. The fraction of sp³-hybridized carbons (Fsp3) is 0.0909. The van der Waals surface area contributed by atoms with Gasteiger partial charge in [-0.3, -0.25) is 4.79 Å². The molecule has 1 amide bonds. The Hall–Kier alpha value is -3.60. The summed E-state index contributed by atoms with van der Waals surface area (Å²) in [6.07, 6.45) is 0. The van der Waals surface area contributed by atoms with Crippen LogP contribution in [0.3, 0.4) is 0 Å². The molecule has 0 saturated heterocycles. The van der Waals surface area contributed by atoms with Crippen LogP contribution in [0.5, 0.6) is 0 Å². The zero-order chi connectivity index (χ0) is 18.8. The molecule has 0 aliphatic carbocycles. The molecule has 0 fully saturated rings. The molecule has 0 spiro atoms. The van der Waals surface area contributed by atoms with Gasteiger partial charge in [-0.25, -0.2) is 4.98 Å². The Kier molecular flexibility index (Phi) is 4.34. The number of anilines is 2. The summed E-state index contributed by atoms with van der Waals surface area (Å²) in [5.41, 5.74) is 5.26.